The SMILES string of the molecule is Nc1cn2ccc[c]c2n1. The topological polar surface area (TPSA) is 43.3 Å². The van der Waals surface area contributed by atoms with E-state index in [0.29, 0.717) is 5.82 Å². The van der Waals surface area contributed by atoms with E-state index in [9.17, 15) is 0 Å². The second kappa shape index (κ2) is 1.73. The molecular formula is C7H6N3. The molecule has 3 nitrogen and oxygen atoms in total. The molecule has 2 heterocycles. The Morgan fingerprint density at radius 1 is 1.60 bits per heavy atom. The van der Waals surface area contributed by atoms with Crippen molar-refractivity contribution in [1.29, 1.82) is 0 Å². The maximum atomic E-state index is 5.44. The number of fused-ring (bicyclic) bond motifs is 1. The third-order valence-electron chi connectivity index (χ3n) is 1.31. The van der Waals surface area contributed by atoms with Crippen LogP contribution in [0.3, 0.4) is 0 Å². The van der Waals surface area contributed by atoms with Gasteiger partial charge in [0.2, 0.25) is 0 Å². The lowest BCUT2D eigenvalue weighted by molar-refractivity contribution is 1.18. The van der Waals surface area contributed by atoms with Crippen LogP contribution in [0.2, 0.25) is 0 Å². The summed E-state index contributed by atoms with van der Waals surface area (Å²) in [6.07, 6.45) is 3.64. The molecule has 2 N–H and O–H groups in total. The van der Waals surface area contributed by atoms with Gasteiger partial charge in [0.05, 0.1) is 6.20 Å². The van der Waals surface area contributed by atoms with Gasteiger partial charge < -0.3 is 10.1 Å². The Morgan fingerprint density at radius 3 is 3.30 bits per heavy atom. The summed E-state index contributed by atoms with van der Waals surface area (Å²) in [5.74, 6) is 0.530. The highest BCUT2D eigenvalue weighted by molar-refractivity contribution is 5.44. The predicted octanol–water partition coefficient (Wildman–Crippen LogP) is 0.717. The molecule has 0 aliphatic rings. The lowest BCUT2D eigenvalue weighted by Gasteiger charge is -1.85. The number of hydrogen-bond donors (Lipinski definition) is 1. The van der Waals surface area contributed by atoms with Crippen molar-refractivity contribution in [3.63, 3.8) is 0 Å². The van der Waals surface area contributed by atoms with Gasteiger partial charge in [-0.25, -0.2) is 4.98 Å². The van der Waals surface area contributed by atoms with Crippen LogP contribution in [0.1, 0.15) is 0 Å². The Labute approximate surface area is 58.1 Å². The van der Waals surface area contributed by atoms with Crippen LogP contribution in [0.4, 0.5) is 5.82 Å². The lowest BCUT2D eigenvalue weighted by atomic mass is 10.5. The fourth-order valence-electron chi connectivity index (χ4n) is 0.891. The van der Waals surface area contributed by atoms with Crippen LogP contribution >= 0.6 is 0 Å². The van der Waals surface area contributed by atoms with E-state index < -0.39 is 0 Å². The maximum absolute atomic E-state index is 5.44. The van der Waals surface area contributed by atoms with E-state index in [4.69, 9.17) is 5.73 Å². The van der Waals surface area contributed by atoms with E-state index in [0.717, 1.165) is 5.65 Å². The van der Waals surface area contributed by atoms with Crippen molar-refractivity contribution in [1.82, 2.24) is 9.38 Å². The van der Waals surface area contributed by atoms with Crippen LogP contribution in [0.15, 0.2) is 24.5 Å². The van der Waals surface area contributed by atoms with Crippen LogP contribution in [-0.2, 0) is 0 Å². The number of aromatic nitrogens is 2. The number of nitrogen functional groups attached to an aromatic ring is 1. The number of rotatable bonds is 0. The molecular weight excluding hydrogens is 126 g/mol. The average molecular weight is 132 g/mol. The van der Waals surface area contributed by atoms with Crippen molar-refractivity contribution in [2.45, 2.75) is 0 Å². The molecule has 0 aliphatic carbocycles. The number of hydrogen-bond acceptors (Lipinski definition) is 2. The Bertz CT molecular complexity index is 317. The monoisotopic (exact) mass is 132 g/mol. The van der Waals surface area contributed by atoms with Crippen LogP contribution < -0.4 is 5.73 Å². The van der Waals surface area contributed by atoms with Crippen LogP contribution in [0.5, 0.6) is 0 Å². The van der Waals surface area contributed by atoms with E-state index in [2.05, 4.69) is 11.1 Å². The van der Waals surface area contributed by atoms with Gasteiger partial charge in [-0.15, -0.1) is 0 Å². The summed E-state index contributed by atoms with van der Waals surface area (Å²) in [5, 5.41) is 0. The Morgan fingerprint density at radius 2 is 2.50 bits per heavy atom. The molecule has 0 fully saturated rings. The highest BCUT2D eigenvalue weighted by Crippen LogP contribution is 2.03. The zero-order valence-corrected chi connectivity index (χ0v) is 5.28. The van der Waals surface area contributed by atoms with Crippen molar-refractivity contribution < 1.29 is 0 Å². The van der Waals surface area contributed by atoms with Crippen molar-refractivity contribution in [3.05, 3.63) is 30.6 Å². The number of anilines is 1. The summed E-state index contributed by atoms with van der Waals surface area (Å²) in [4.78, 5) is 4.00. The number of pyridine rings is 1. The summed E-state index contributed by atoms with van der Waals surface area (Å²) in [5.41, 5.74) is 6.20. The molecule has 3 heteroatoms. The molecule has 0 atom stereocenters. The summed E-state index contributed by atoms with van der Waals surface area (Å²) in [6.45, 7) is 0. The fraction of sp³-hybridized carbons (Fsp3) is 0. The third-order valence-corrected chi connectivity index (χ3v) is 1.31. The Hall–Kier alpha value is -1.51. The van der Waals surface area contributed by atoms with E-state index >= 15 is 0 Å². The van der Waals surface area contributed by atoms with Gasteiger partial charge in [-0.3, -0.25) is 0 Å². The smallest absolute Gasteiger partial charge is 0.147 e. The molecule has 2 aromatic heterocycles. The minimum atomic E-state index is 0.530. The average Bonchev–Trinajstić information content (AvgIpc) is 2.27. The van der Waals surface area contributed by atoms with E-state index in [1.807, 2.05) is 22.7 Å². The van der Waals surface area contributed by atoms with Crippen molar-refractivity contribution >= 4 is 11.5 Å². The highest BCUT2D eigenvalue weighted by atomic mass is 15.0. The predicted molar refractivity (Wildman–Crippen MR) is 38.4 cm³/mol. The summed E-state index contributed by atoms with van der Waals surface area (Å²) in [6, 6.07) is 6.63. The summed E-state index contributed by atoms with van der Waals surface area (Å²) < 4.78 is 1.83. The zero-order chi connectivity index (χ0) is 6.97. The molecule has 0 saturated heterocycles. The quantitative estimate of drug-likeness (QED) is 0.573. The molecule has 10 heavy (non-hydrogen) atoms. The molecule has 0 saturated carbocycles. The molecule has 1 radical (unpaired) electrons. The first-order chi connectivity index (χ1) is 4.86. The van der Waals surface area contributed by atoms with Crippen LogP contribution in [0.25, 0.3) is 5.65 Å². The molecule has 2 rings (SSSR count). The standard InChI is InChI=1S/C7H6N3/c8-6-5-10-4-2-1-3-7(10)9-6/h1-2,4-5H,8H2. The molecule has 0 bridgehead atoms. The summed E-state index contributed by atoms with van der Waals surface area (Å²) in [7, 11) is 0. The first-order valence-electron chi connectivity index (χ1n) is 2.97. The maximum Gasteiger partial charge on any atom is 0.147 e. The van der Waals surface area contributed by atoms with Gasteiger partial charge in [-0.05, 0) is 12.1 Å². The van der Waals surface area contributed by atoms with Gasteiger partial charge in [0.15, 0.2) is 0 Å². The molecule has 2 aromatic rings. The minimum absolute atomic E-state index is 0.530. The van der Waals surface area contributed by atoms with Gasteiger partial charge in [0.1, 0.15) is 11.5 Å². The fourth-order valence-corrected chi connectivity index (χ4v) is 0.891. The van der Waals surface area contributed by atoms with Gasteiger partial charge in [-0.2, -0.15) is 0 Å². The molecule has 0 unspecified atom stereocenters. The van der Waals surface area contributed by atoms with Crippen molar-refractivity contribution in [2.24, 2.45) is 0 Å². The summed E-state index contributed by atoms with van der Waals surface area (Å²) >= 11 is 0. The van der Waals surface area contributed by atoms with Crippen molar-refractivity contribution in [3.8, 4) is 0 Å². The van der Waals surface area contributed by atoms with E-state index in [-0.39, 0.29) is 0 Å². The molecule has 0 spiro atoms. The van der Waals surface area contributed by atoms with Gasteiger partial charge in [0, 0.05) is 12.3 Å². The minimum Gasteiger partial charge on any atom is -0.382 e. The van der Waals surface area contributed by atoms with E-state index in [1.165, 1.54) is 0 Å². The highest BCUT2D eigenvalue weighted by Gasteiger charge is 1.93. The molecule has 49 valence electrons. The van der Waals surface area contributed by atoms with Crippen molar-refractivity contribution in [2.75, 3.05) is 5.73 Å². The van der Waals surface area contributed by atoms with Gasteiger partial charge >= 0.3 is 0 Å². The van der Waals surface area contributed by atoms with Crippen LogP contribution in [0, 0.1) is 6.07 Å². The van der Waals surface area contributed by atoms with Gasteiger partial charge in [-0.1, -0.05) is 0 Å². The number of nitrogens with zero attached hydrogens (tertiary/aromatic N) is 2. The second-order valence-electron chi connectivity index (χ2n) is 2.05. The molecule has 0 aromatic carbocycles. The molecule has 0 amide bonds. The first kappa shape index (κ1) is 5.29. The Kier molecular flexibility index (Phi) is 0.917. The lowest BCUT2D eigenvalue weighted by Crippen LogP contribution is -1.80. The number of nitrogens with two attached hydrogens (primary N) is 1. The zero-order valence-electron chi connectivity index (χ0n) is 5.28. The Balaban J connectivity index is 2.88. The molecule has 0 aliphatic heterocycles. The van der Waals surface area contributed by atoms with Gasteiger partial charge in [0.25, 0.3) is 0 Å². The third kappa shape index (κ3) is 0.639. The number of imidazole rings is 1. The second-order valence-corrected chi connectivity index (χ2v) is 2.05. The first-order valence-corrected chi connectivity index (χ1v) is 2.97. The largest absolute Gasteiger partial charge is 0.382 e. The normalized spacial score (nSPS) is 10.4. The van der Waals surface area contributed by atoms with Crippen LogP contribution in [-0.4, -0.2) is 9.38 Å². The van der Waals surface area contributed by atoms with E-state index in [1.54, 1.807) is 6.20 Å².